The molecule has 1 fully saturated rings. The molecule has 0 unspecified atom stereocenters. The molecule has 3 rings (SSSR count). The summed E-state index contributed by atoms with van der Waals surface area (Å²) in [5, 5.41) is 20.8. The summed E-state index contributed by atoms with van der Waals surface area (Å²) in [6.45, 7) is 2.07. The molecule has 1 aromatic heterocycles. The van der Waals surface area contributed by atoms with Crippen LogP contribution in [0.5, 0.6) is 0 Å². The van der Waals surface area contributed by atoms with Gasteiger partial charge in [0, 0.05) is 25.4 Å². The Morgan fingerprint density at radius 3 is 2.70 bits per heavy atom. The fourth-order valence-corrected chi connectivity index (χ4v) is 3.00. The third-order valence-corrected chi connectivity index (χ3v) is 4.33. The van der Waals surface area contributed by atoms with Crippen molar-refractivity contribution in [2.75, 3.05) is 44.0 Å². The van der Waals surface area contributed by atoms with Crippen molar-refractivity contribution in [1.82, 2.24) is 4.57 Å². The van der Waals surface area contributed by atoms with E-state index >= 15 is 0 Å². The number of hydrogen-bond acceptors (Lipinski definition) is 8. The molecule has 0 radical (unpaired) electrons. The number of nitriles is 1. The lowest BCUT2D eigenvalue weighted by molar-refractivity contribution is -0.384. The molecule has 1 aromatic carbocycles. The minimum atomic E-state index is -0.742. The molecule has 1 saturated heterocycles. The average Bonchev–Trinajstić information content (AvgIpc) is 3.03. The molecular formula is C17H17N5O5. The van der Waals surface area contributed by atoms with Gasteiger partial charge in [-0.1, -0.05) is 0 Å². The Labute approximate surface area is 154 Å². The summed E-state index contributed by atoms with van der Waals surface area (Å²) in [4.78, 5) is 25.1. The molecule has 0 saturated carbocycles. The van der Waals surface area contributed by atoms with E-state index in [9.17, 15) is 20.2 Å². The van der Waals surface area contributed by atoms with Gasteiger partial charge >= 0.3 is 5.97 Å². The van der Waals surface area contributed by atoms with Crippen molar-refractivity contribution in [1.29, 1.82) is 5.26 Å². The van der Waals surface area contributed by atoms with E-state index in [0.29, 0.717) is 37.7 Å². The Morgan fingerprint density at radius 1 is 1.41 bits per heavy atom. The van der Waals surface area contributed by atoms with Crippen LogP contribution in [0.3, 0.4) is 0 Å². The molecule has 140 valence electrons. The van der Waals surface area contributed by atoms with E-state index in [2.05, 4.69) is 0 Å². The normalized spacial score (nSPS) is 13.9. The van der Waals surface area contributed by atoms with Gasteiger partial charge in [0.05, 0.1) is 42.2 Å². The van der Waals surface area contributed by atoms with E-state index in [0.717, 1.165) is 0 Å². The maximum Gasteiger partial charge on any atom is 0.357 e. The predicted molar refractivity (Wildman–Crippen MR) is 95.9 cm³/mol. The number of anilines is 2. The number of rotatable bonds is 4. The highest BCUT2D eigenvalue weighted by molar-refractivity contribution is 5.96. The number of nitro groups is 1. The van der Waals surface area contributed by atoms with Crippen LogP contribution in [0.15, 0.2) is 24.4 Å². The van der Waals surface area contributed by atoms with Gasteiger partial charge in [-0.05, 0) is 12.1 Å². The highest BCUT2D eigenvalue weighted by atomic mass is 16.6. The van der Waals surface area contributed by atoms with Gasteiger partial charge in [0.1, 0.15) is 11.8 Å². The number of hydrogen-bond donors (Lipinski definition) is 1. The summed E-state index contributed by atoms with van der Waals surface area (Å²) in [5.41, 5.74) is 6.54. The van der Waals surface area contributed by atoms with Gasteiger partial charge < -0.3 is 24.7 Å². The second-order valence-corrected chi connectivity index (χ2v) is 5.81. The van der Waals surface area contributed by atoms with E-state index in [1.54, 1.807) is 12.1 Å². The zero-order valence-electron chi connectivity index (χ0n) is 14.5. The van der Waals surface area contributed by atoms with Gasteiger partial charge in [-0.3, -0.25) is 10.1 Å². The summed E-state index contributed by atoms with van der Waals surface area (Å²) in [6.07, 6.45) is 1.36. The number of methoxy groups -OCH3 is 1. The predicted octanol–water partition coefficient (Wildman–Crippen LogP) is 1.46. The van der Waals surface area contributed by atoms with Crippen LogP contribution in [0, 0.1) is 21.4 Å². The molecule has 2 aromatic rings. The van der Waals surface area contributed by atoms with Crippen LogP contribution in [-0.2, 0) is 9.47 Å². The molecule has 1 aliphatic heterocycles. The van der Waals surface area contributed by atoms with Gasteiger partial charge in [0.15, 0.2) is 5.69 Å². The number of carbonyl (C=O) groups excluding carboxylic acids is 1. The van der Waals surface area contributed by atoms with Gasteiger partial charge in [-0.15, -0.1) is 0 Å². The van der Waals surface area contributed by atoms with Crippen LogP contribution in [0.4, 0.5) is 17.1 Å². The number of nitrogen functional groups attached to an aromatic ring is 1. The molecule has 0 amide bonds. The first kappa shape index (κ1) is 18.2. The molecule has 10 heteroatoms. The van der Waals surface area contributed by atoms with Crippen LogP contribution in [-0.4, -0.2) is 48.9 Å². The van der Waals surface area contributed by atoms with Crippen LogP contribution >= 0.6 is 0 Å². The smallest absolute Gasteiger partial charge is 0.357 e. The molecule has 2 N–H and O–H groups in total. The van der Waals surface area contributed by atoms with Crippen molar-refractivity contribution < 1.29 is 19.2 Å². The minimum absolute atomic E-state index is 0.0377. The number of carbonyl (C=O) groups is 1. The lowest BCUT2D eigenvalue weighted by atomic mass is 10.2. The van der Waals surface area contributed by atoms with Crippen molar-refractivity contribution in [3.8, 4) is 11.8 Å². The number of esters is 1. The number of benzene rings is 1. The monoisotopic (exact) mass is 371 g/mol. The zero-order valence-corrected chi connectivity index (χ0v) is 14.5. The maximum atomic E-state index is 12.1. The summed E-state index contributed by atoms with van der Waals surface area (Å²) < 4.78 is 11.3. The largest absolute Gasteiger partial charge is 0.464 e. The number of aromatic nitrogens is 1. The van der Waals surface area contributed by atoms with E-state index in [-0.39, 0.29) is 22.6 Å². The number of nitrogens with zero attached hydrogens (tertiary/aromatic N) is 4. The first-order valence-corrected chi connectivity index (χ1v) is 8.08. The highest BCUT2D eigenvalue weighted by Crippen LogP contribution is 2.33. The molecule has 0 aliphatic carbocycles. The Kier molecular flexibility index (Phi) is 4.96. The fourth-order valence-electron chi connectivity index (χ4n) is 3.00. The topological polar surface area (TPSA) is 137 Å². The van der Waals surface area contributed by atoms with E-state index in [1.807, 2.05) is 11.0 Å². The maximum absolute atomic E-state index is 12.1. The first-order chi connectivity index (χ1) is 13.0. The van der Waals surface area contributed by atoms with Gasteiger partial charge in [0.25, 0.3) is 5.69 Å². The summed E-state index contributed by atoms with van der Waals surface area (Å²) >= 11 is 0. The Bertz CT molecular complexity index is 940. The van der Waals surface area contributed by atoms with Gasteiger partial charge in [0.2, 0.25) is 0 Å². The SMILES string of the molecule is COC(=O)c1c(N)c(C#N)cn1-c1ccc(N2CCOCC2)c([N+](=O)[O-])c1. The van der Waals surface area contributed by atoms with Gasteiger partial charge in [-0.25, -0.2) is 4.79 Å². The van der Waals surface area contributed by atoms with Crippen LogP contribution in [0.2, 0.25) is 0 Å². The Hall–Kier alpha value is -3.58. The van der Waals surface area contributed by atoms with Crippen LogP contribution < -0.4 is 10.6 Å². The number of morpholine rings is 1. The average molecular weight is 371 g/mol. The Morgan fingerprint density at radius 2 is 2.11 bits per heavy atom. The number of nitrogens with two attached hydrogens (primary N) is 1. The molecule has 10 nitrogen and oxygen atoms in total. The van der Waals surface area contributed by atoms with Crippen molar-refractivity contribution in [3.05, 3.63) is 45.8 Å². The quantitative estimate of drug-likeness (QED) is 0.484. The standard InChI is InChI=1S/C17H17N5O5/c1-26-17(23)16-15(19)11(9-18)10-21(16)12-2-3-13(14(8-12)22(24)25)20-4-6-27-7-5-20/h2-3,8,10H,4-7,19H2,1H3. The molecule has 0 spiro atoms. The van der Waals surface area contributed by atoms with E-state index in [1.165, 1.54) is 23.9 Å². The summed E-state index contributed by atoms with van der Waals surface area (Å²) in [6, 6.07) is 6.48. The van der Waals surface area contributed by atoms with E-state index < -0.39 is 10.9 Å². The first-order valence-electron chi connectivity index (χ1n) is 8.08. The zero-order chi connectivity index (χ0) is 19.6. The molecule has 1 aliphatic rings. The lowest BCUT2D eigenvalue weighted by Crippen LogP contribution is -2.36. The minimum Gasteiger partial charge on any atom is -0.464 e. The second-order valence-electron chi connectivity index (χ2n) is 5.81. The van der Waals surface area contributed by atoms with Crippen molar-refractivity contribution in [2.45, 2.75) is 0 Å². The van der Waals surface area contributed by atoms with Crippen molar-refractivity contribution in [2.24, 2.45) is 0 Å². The van der Waals surface area contributed by atoms with Crippen molar-refractivity contribution in [3.63, 3.8) is 0 Å². The third-order valence-electron chi connectivity index (χ3n) is 4.33. The van der Waals surface area contributed by atoms with E-state index in [4.69, 9.17) is 15.2 Å². The molecule has 2 heterocycles. The fraction of sp³-hybridized carbons (Fsp3) is 0.294. The Balaban J connectivity index is 2.13. The molecule has 27 heavy (non-hydrogen) atoms. The summed E-state index contributed by atoms with van der Waals surface area (Å²) in [5.74, 6) is -0.742. The third kappa shape index (κ3) is 3.28. The molecular weight excluding hydrogens is 354 g/mol. The number of ether oxygens (including phenoxy) is 2. The highest BCUT2D eigenvalue weighted by Gasteiger charge is 2.25. The van der Waals surface area contributed by atoms with Crippen LogP contribution in [0.1, 0.15) is 16.1 Å². The lowest BCUT2D eigenvalue weighted by Gasteiger charge is -2.28. The second kappa shape index (κ2) is 7.35. The molecule has 0 bridgehead atoms. The molecule has 0 atom stereocenters. The summed E-state index contributed by atoms with van der Waals surface area (Å²) in [7, 11) is 1.19. The van der Waals surface area contributed by atoms with Crippen molar-refractivity contribution >= 4 is 23.0 Å². The van der Waals surface area contributed by atoms with Gasteiger partial charge in [-0.2, -0.15) is 5.26 Å². The number of nitro benzene ring substituents is 1. The van der Waals surface area contributed by atoms with Crippen LogP contribution in [0.25, 0.3) is 5.69 Å².